The van der Waals surface area contributed by atoms with Crippen molar-refractivity contribution >= 4 is 17.5 Å². The molecule has 0 bridgehead atoms. The van der Waals surface area contributed by atoms with Crippen LogP contribution in [0.25, 0.3) is 0 Å². The highest BCUT2D eigenvalue weighted by Crippen LogP contribution is 2.22. The zero-order valence-electron chi connectivity index (χ0n) is 10.5. The van der Waals surface area contributed by atoms with Crippen LogP contribution in [0.3, 0.4) is 0 Å². The van der Waals surface area contributed by atoms with E-state index in [4.69, 9.17) is 11.6 Å². The van der Waals surface area contributed by atoms with Gasteiger partial charge in [-0.25, -0.2) is 0 Å². The summed E-state index contributed by atoms with van der Waals surface area (Å²) in [7, 11) is 0. The summed E-state index contributed by atoms with van der Waals surface area (Å²) in [6, 6.07) is 3.48. The molecule has 0 spiro atoms. The Labute approximate surface area is 108 Å². The summed E-state index contributed by atoms with van der Waals surface area (Å²) in [6.45, 7) is 6.28. The molecule has 1 heterocycles. The minimum Gasteiger partial charge on any atom is -0.349 e. The van der Waals surface area contributed by atoms with Crippen molar-refractivity contribution in [3.05, 3.63) is 30.1 Å². The predicted molar refractivity (Wildman–Crippen MR) is 70.3 cm³/mol. The van der Waals surface area contributed by atoms with Crippen LogP contribution in [0.15, 0.2) is 24.5 Å². The molecular weight excluding hydrogens is 236 g/mol. The highest BCUT2D eigenvalue weighted by molar-refractivity contribution is 6.17. The maximum Gasteiger partial charge on any atom is 0.251 e. The molecule has 3 nitrogen and oxygen atoms in total. The number of carbonyl (C=O) groups excluding carboxylic acids is 1. The second kappa shape index (κ2) is 6.01. The van der Waals surface area contributed by atoms with Gasteiger partial charge in [0, 0.05) is 29.9 Å². The zero-order chi connectivity index (χ0) is 12.9. The van der Waals surface area contributed by atoms with Gasteiger partial charge in [-0.1, -0.05) is 20.8 Å². The lowest BCUT2D eigenvalue weighted by atomic mass is 9.85. The molecule has 94 valence electrons. The van der Waals surface area contributed by atoms with Gasteiger partial charge in [0.2, 0.25) is 0 Å². The van der Waals surface area contributed by atoms with Crippen LogP contribution in [0.2, 0.25) is 0 Å². The van der Waals surface area contributed by atoms with Crippen molar-refractivity contribution in [3.8, 4) is 0 Å². The summed E-state index contributed by atoms with van der Waals surface area (Å²) in [5.74, 6) is 0.468. The quantitative estimate of drug-likeness (QED) is 0.840. The maximum absolute atomic E-state index is 12.0. The van der Waals surface area contributed by atoms with E-state index in [1.165, 1.54) is 0 Å². The van der Waals surface area contributed by atoms with Crippen LogP contribution in [0.4, 0.5) is 0 Å². The first-order chi connectivity index (χ1) is 7.95. The van der Waals surface area contributed by atoms with E-state index in [1.54, 1.807) is 24.5 Å². The number of hydrogen-bond donors (Lipinski definition) is 1. The van der Waals surface area contributed by atoms with Gasteiger partial charge in [-0.2, -0.15) is 0 Å². The van der Waals surface area contributed by atoms with Gasteiger partial charge in [0.1, 0.15) is 0 Å². The Morgan fingerprint density at radius 3 is 2.47 bits per heavy atom. The number of aromatic nitrogens is 1. The van der Waals surface area contributed by atoms with Gasteiger partial charge in [0.05, 0.1) is 0 Å². The molecule has 1 rings (SSSR count). The molecule has 0 aliphatic heterocycles. The van der Waals surface area contributed by atoms with Crippen LogP contribution in [0, 0.1) is 5.41 Å². The zero-order valence-corrected chi connectivity index (χ0v) is 11.3. The number of hydrogen-bond acceptors (Lipinski definition) is 2. The molecule has 4 heteroatoms. The van der Waals surface area contributed by atoms with Crippen LogP contribution >= 0.6 is 11.6 Å². The summed E-state index contributed by atoms with van der Waals surface area (Å²) in [5, 5.41) is 3.02. The van der Waals surface area contributed by atoms with E-state index in [-0.39, 0.29) is 17.4 Å². The van der Waals surface area contributed by atoms with E-state index in [0.29, 0.717) is 11.4 Å². The lowest BCUT2D eigenvalue weighted by molar-refractivity contribution is 0.0900. The third kappa shape index (κ3) is 4.35. The third-order valence-electron chi connectivity index (χ3n) is 2.69. The first-order valence-electron chi connectivity index (χ1n) is 5.72. The van der Waals surface area contributed by atoms with Gasteiger partial charge in [0.15, 0.2) is 0 Å². The molecule has 1 unspecified atom stereocenters. The largest absolute Gasteiger partial charge is 0.349 e. The number of nitrogens with one attached hydrogen (secondary N) is 1. The molecule has 1 N–H and O–H groups in total. The molecule has 0 fully saturated rings. The van der Waals surface area contributed by atoms with Gasteiger partial charge in [-0.15, -0.1) is 11.6 Å². The van der Waals surface area contributed by atoms with E-state index in [1.807, 2.05) is 0 Å². The first-order valence-corrected chi connectivity index (χ1v) is 6.25. The SMILES string of the molecule is CC(C)(C)C(CCCl)NC(=O)c1ccncc1. The second-order valence-corrected chi connectivity index (χ2v) is 5.48. The Balaban J connectivity index is 2.71. The van der Waals surface area contributed by atoms with E-state index >= 15 is 0 Å². The van der Waals surface area contributed by atoms with Crippen molar-refractivity contribution in [1.29, 1.82) is 0 Å². The fourth-order valence-electron chi connectivity index (χ4n) is 1.58. The molecule has 0 saturated heterocycles. The van der Waals surface area contributed by atoms with Gasteiger partial charge in [-0.05, 0) is 24.0 Å². The van der Waals surface area contributed by atoms with E-state index in [0.717, 1.165) is 6.42 Å². The Morgan fingerprint density at radius 2 is 2.00 bits per heavy atom. The Kier molecular flexibility index (Phi) is 4.94. The van der Waals surface area contributed by atoms with E-state index < -0.39 is 0 Å². The summed E-state index contributed by atoms with van der Waals surface area (Å²) in [4.78, 5) is 15.9. The summed E-state index contributed by atoms with van der Waals surface area (Å²) < 4.78 is 0. The summed E-state index contributed by atoms with van der Waals surface area (Å²) in [6.07, 6.45) is 3.99. The van der Waals surface area contributed by atoms with Crippen LogP contribution in [0.5, 0.6) is 0 Å². The molecule has 1 amide bonds. The van der Waals surface area contributed by atoms with Crippen LogP contribution < -0.4 is 5.32 Å². The van der Waals surface area contributed by atoms with Crippen LogP contribution in [-0.2, 0) is 0 Å². The topological polar surface area (TPSA) is 42.0 Å². The minimum atomic E-state index is -0.0718. The van der Waals surface area contributed by atoms with Gasteiger partial charge >= 0.3 is 0 Å². The van der Waals surface area contributed by atoms with Crippen molar-refractivity contribution in [3.63, 3.8) is 0 Å². The standard InChI is InChI=1S/C13H19ClN2O/c1-13(2,3)11(4-7-14)16-12(17)10-5-8-15-9-6-10/h5-6,8-9,11H,4,7H2,1-3H3,(H,16,17). The molecule has 17 heavy (non-hydrogen) atoms. The highest BCUT2D eigenvalue weighted by Gasteiger charge is 2.25. The third-order valence-corrected chi connectivity index (χ3v) is 2.91. The van der Waals surface area contributed by atoms with Gasteiger partial charge in [-0.3, -0.25) is 9.78 Å². The van der Waals surface area contributed by atoms with Crippen molar-refractivity contribution < 1.29 is 4.79 Å². The number of nitrogens with zero attached hydrogens (tertiary/aromatic N) is 1. The van der Waals surface area contributed by atoms with Crippen molar-refractivity contribution in [2.45, 2.75) is 33.2 Å². The van der Waals surface area contributed by atoms with Crippen molar-refractivity contribution in [1.82, 2.24) is 10.3 Å². The molecule has 1 aromatic heterocycles. The maximum atomic E-state index is 12.0. The molecule has 0 aliphatic rings. The smallest absolute Gasteiger partial charge is 0.251 e. The number of halogens is 1. The highest BCUT2D eigenvalue weighted by atomic mass is 35.5. The normalized spacial score (nSPS) is 13.2. The molecular formula is C13H19ClN2O. The summed E-state index contributed by atoms with van der Waals surface area (Å²) in [5.41, 5.74) is 0.626. The number of pyridine rings is 1. The lowest BCUT2D eigenvalue weighted by Gasteiger charge is -2.31. The van der Waals surface area contributed by atoms with Gasteiger partial charge < -0.3 is 5.32 Å². The number of rotatable bonds is 4. The predicted octanol–water partition coefficient (Wildman–Crippen LogP) is 2.86. The number of amides is 1. The average molecular weight is 255 g/mol. The minimum absolute atomic E-state index is 0.00240. The Morgan fingerprint density at radius 1 is 1.41 bits per heavy atom. The molecule has 0 aromatic carbocycles. The van der Waals surface area contributed by atoms with Crippen LogP contribution in [0.1, 0.15) is 37.6 Å². The lowest BCUT2D eigenvalue weighted by Crippen LogP contribution is -2.44. The molecule has 0 radical (unpaired) electrons. The second-order valence-electron chi connectivity index (χ2n) is 5.11. The molecule has 0 saturated carbocycles. The van der Waals surface area contributed by atoms with Crippen molar-refractivity contribution in [2.75, 3.05) is 5.88 Å². The first kappa shape index (κ1) is 14.0. The van der Waals surface area contributed by atoms with E-state index in [9.17, 15) is 4.79 Å². The molecule has 1 atom stereocenters. The number of alkyl halides is 1. The molecule has 1 aromatic rings. The monoisotopic (exact) mass is 254 g/mol. The van der Waals surface area contributed by atoms with Gasteiger partial charge in [0.25, 0.3) is 5.91 Å². The van der Waals surface area contributed by atoms with Crippen LogP contribution in [-0.4, -0.2) is 22.8 Å². The molecule has 0 aliphatic carbocycles. The van der Waals surface area contributed by atoms with E-state index in [2.05, 4.69) is 31.1 Å². The summed E-state index contributed by atoms with van der Waals surface area (Å²) >= 11 is 5.77. The average Bonchev–Trinajstić information content (AvgIpc) is 2.28. The fourth-order valence-corrected chi connectivity index (χ4v) is 1.79. The fraction of sp³-hybridized carbons (Fsp3) is 0.538. The van der Waals surface area contributed by atoms with Crippen molar-refractivity contribution in [2.24, 2.45) is 5.41 Å². The Hall–Kier alpha value is -1.09. The Bertz CT molecular complexity index is 359. The number of carbonyl (C=O) groups is 1.